The van der Waals surface area contributed by atoms with Crippen molar-refractivity contribution in [1.82, 2.24) is 0 Å². The average Bonchev–Trinajstić information content (AvgIpc) is 2.43. The molecule has 2 atom stereocenters. The molecule has 1 N–H and O–H groups in total. The molecule has 0 bridgehead atoms. The van der Waals surface area contributed by atoms with Gasteiger partial charge in [-0.2, -0.15) is 0 Å². The van der Waals surface area contributed by atoms with Crippen LogP contribution in [0.1, 0.15) is 52.0 Å². The van der Waals surface area contributed by atoms with Gasteiger partial charge in [0.05, 0.1) is 6.10 Å². The number of rotatable bonds is 1. The molecule has 2 aromatic carbocycles. The number of aryl methyl sites for hydroxylation is 4. The van der Waals surface area contributed by atoms with Gasteiger partial charge in [0, 0.05) is 12.0 Å². The van der Waals surface area contributed by atoms with E-state index in [-0.39, 0.29) is 6.10 Å². The Bertz CT molecular complexity index is 688. The molecule has 1 heterocycles. The minimum Gasteiger partial charge on any atom is -0.485 e. The van der Waals surface area contributed by atoms with Crippen LogP contribution in [0.5, 0.6) is 5.75 Å². The fourth-order valence-electron chi connectivity index (χ4n) is 3.09. The number of aliphatic hydroxyl groups excluding tert-OH is 1. The second-order valence-corrected chi connectivity index (χ2v) is 6.19. The average molecular weight is 282 g/mol. The van der Waals surface area contributed by atoms with Crippen molar-refractivity contribution >= 4 is 0 Å². The first kappa shape index (κ1) is 14.2. The summed E-state index contributed by atoms with van der Waals surface area (Å²) in [6, 6.07) is 10.4. The van der Waals surface area contributed by atoms with Crippen molar-refractivity contribution < 1.29 is 9.84 Å². The van der Waals surface area contributed by atoms with Crippen LogP contribution in [0, 0.1) is 27.7 Å². The van der Waals surface area contributed by atoms with Gasteiger partial charge in [-0.25, -0.2) is 0 Å². The second kappa shape index (κ2) is 5.19. The molecule has 0 saturated carbocycles. The van der Waals surface area contributed by atoms with Crippen LogP contribution in [-0.4, -0.2) is 5.11 Å². The molecule has 1 aliphatic rings. The van der Waals surface area contributed by atoms with Gasteiger partial charge < -0.3 is 9.84 Å². The lowest BCUT2D eigenvalue weighted by molar-refractivity contribution is 0.0653. The molecular weight excluding hydrogens is 260 g/mol. The van der Waals surface area contributed by atoms with Gasteiger partial charge in [-0.15, -0.1) is 0 Å². The molecule has 0 fully saturated rings. The molecule has 0 aliphatic carbocycles. The first-order chi connectivity index (χ1) is 9.95. The third-order valence-electron chi connectivity index (χ3n) is 4.46. The molecule has 0 spiro atoms. The van der Waals surface area contributed by atoms with E-state index < -0.39 is 6.10 Å². The third-order valence-corrected chi connectivity index (χ3v) is 4.46. The summed E-state index contributed by atoms with van der Waals surface area (Å²) in [4.78, 5) is 0. The maximum absolute atomic E-state index is 10.5. The van der Waals surface area contributed by atoms with Crippen molar-refractivity contribution in [2.45, 2.75) is 46.3 Å². The molecule has 0 saturated heterocycles. The van der Waals surface area contributed by atoms with E-state index >= 15 is 0 Å². The maximum Gasteiger partial charge on any atom is 0.127 e. The summed E-state index contributed by atoms with van der Waals surface area (Å²) in [5.41, 5.74) is 7.03. The van der Waals surface area contributed by atoms with Crippen LogP contribution in [0.4, 0.5) is 0 Å². The predicted molar refractivity (Wildman–Crippen MR) is 84.8 cm³/mol. The Hall–Kier alpha value is -1.80. The minimum atomic E-state index is -0.459. The van der Waals surface area contributed by atoms with Gasteiger partial charge in [0.2, 0.25) is 0 Å². The molecule has 110 valence electrons. The number of aliphatic hydroxyl groups is 1. The zero-order chi connectivity index (χ0) is 15.1. The predicted octanol–water partition coefficient (Wildman–Crippen LogP) is 4.48. The van der Waals surface area contributed by atoms with Gasteiger partial charge in [0.15, 0.2) is 0 Å². The van der Waals surface area contributed by atoms with E-state index in [0.717, 1.165) is 16.9 Å². The Labute approximate surface area is 126 Å². The van der Waals surface area contributed by atoms with Gasteiger partial charge in [0.25, 0.3) is 0 Å². The number of fused-ring (bicyclic) bond motifs is 1. The van der Waals surface area contributed by atoms with E-state index in [1.807, 2.05) is 25.1 Å². The molecule has 0 radical (unpaired) electrons. The molecule has 2 unspecified atom stereocenters. The van der Waals surface area contributed by atoms with Gasteiger partial charge in [0.1, 0.15) is 11.9 Å². The minimum absolute atomic E-state index is 0.0745. The molecule has 2 aromatic rings. The summed E-state index contributed by atoms with van der Waals surface area (Å²) < 4.78 is 6.16. The monoisotopic (exact) mass is 282 g/mol. The van der Waals surface area contributed by atoms with Crippen molar-refractivity contribution in [3.05, 3.63) is 63.7 Å². The van der Waals surface area contributed by atoms with Gasteiger partial charge in [-0.05, 0) is 62.1 Å². The summed E-state index contributed by atoms with van der Waals surface area (Å²) in [6.07, 6.45) is 0.0777. The summed E-state index contributed by atoms with van der Waals surface area (Å²) in [6.45, 7) is 8.39. The molecule has 2 heteroatoms. The highest BCUT2D eigenvalue weighted by Gasteiger charge is 2.29. The first-order valence-corrected chi connectivity index (χ1v) is 7.48. The van der Waals surface area contributed by atoms with Crippen LogP contribution < -0.4 is 4.74 Å². The molecule has 0 aromatic heterocycles. The Morgan fingerprint density at radius 2 is 1.62 bits per heavy atom. The van der Waals surface area contributed by atoms with Crippen LogP contribution in [0.2, 0.25) is 0 Å². The standard InChI is InChI=1S/C19H22O2/c1-11-5-6-18-16(7-11)17(20)10-19(21-18)15-9-13(3)12(2)8-14(15)4/h5-9,17,19-20H,10H2,1-4H3. The van der Waals surface area contributed by atoms with Crippen LogP contribution in [0.25, 0.3) is 0 Å². The fourth-order valence-corrected chi connectivity index (χ4v) is 3.09. The van der Waals surface area contributed by atoms with Gasteiger partial charge in [-0.1, -0.05) is 23.8 Å². The Balaban J connectivity index is 1.99. The Kier molecular flexibility index (Phi) is 3.50. The fraction of sp³-hybridized carbons (Fsp3) is 0.368. The van der Waals surface area contributed by atoms with Crippen molar-refractivity contribution in [2.75, 3.05) is 0 Å². The lowest BCUT2D eigenvalue weighted by atomic mass is 9.90. The third kappa shape index (κ3) is 2.56. The summed E-state index contributed by atoms with van der Waals surface area (Å²) in [5.74, 6) is 0.807. The summed E-state index contributed by atoms with van der Waals surface area (Å²) >= 11 is 0. The van der Waals surface area contributed by atoms with Gasteiger partial charge >= 0.3 is 0 Å². The Morgan fingerprint density at radius 1 is 0.905 bits per heavy atom. The highest BCUT2D eigenvalue weighted by atomic mass is 16.5. The van der Waals surface area contributed by atoms with Crippen molar-refractivity contribution in [3.8, 4) is 5.75 Å². The van der Waals surface area contributed by atoms with Crippen LogP contribution in [-0.2, 0) is 0 Å². The van der Waals surface area contributed by atoms with E-state index in [1.165, 1.54) is 22.3 Å². The topological polar surface area (TPSA) is 29.5 Å². The number of benzene rings is 2. The largest absolute Gasteiger partial charge is 0.485 e. The number of hydrogen-bond donors (Lipinski definition) is 1. The lowest BCUT2D eigenvalue weighted by Crippen LogP contribution is -2.20. The molecule has 1 aliphatic heterocycles. The Morgan fingerprint density at radius 3 is 2.38 bits per heavy atom. The molecule has 3 rings (SSSR count). The summed E-state index contributed by atoms with van der Waals surface area (Å²) in [5, 5.41) is 10.5. The van der Waals surface area contributed by atoms with Crippen LogP contribution in [0.15, 0.2) is 30.3 Å². The zero-order valence-corrected chi connectivity index (χ0v) is 13.1. The SMILES string of the molecule is Cc1ccc2c(c1)C(O)CC(c1cc(C)c(C)cc1C)O2. The maximum atomic E-state index is 10.5. The number of ether oxygens (including phenoxy) is 1. The molecule has 21 heavy (non-hydrogen) atoms. The van der Waals surface area contributed by atoms with Crippen LogP contribution in [0.3, 0.4) is 0 Å². The van der Waals surface area contributed by atoms with Crippen molar-refractivity contribution in [3.63, 3.8) is 0 Å². The van der Waals surface area contributed by atoms with E-state index in [4.69, 9.17) is 4.74 Å². The smallest absolute Gasteiger partial charge is 0.127 e. The molecule has 2 nitrogen and oxygen atoms in total. The van der Waals surface area contributed by atoms with E-state index in [1.54, 1.807) is 0 Å². The lowest BCUT2D eigenvalue weighted by Gasteiger charge is -2.31. The highest BCUT2D eigenvalue weighted by molar-refractivity contribution is 5.43. The van der Waals surface area contributed by atoms with Gasteiger partial charge in [-0.3, -0.25) is 0 Å². The normalized spacial score (nSPS) is 20.8. The van der Waals surface area contributed by atoms with Crippen molar-refractivity contribution in [1.29, 1.82) is 0 Å². The van der Waals surface area contributed by atoms with Crippen molar-refractivity contribution in [2.24, 2.45) is 0 Å². The van der Waals surface area contributed by atoms with E-state index in [9.17, 15) is 5.11 Å². The summed E-state index contributed by atoms with van der Waals surface area (Å²) in [7, 11) is 0. The van der Waals surface area contributed by atoms with E-state index in [0.29, 0.717) is 6.42 Å². The molecular formula is C19H22O2. The first-order valence-electron chi connectivity index (χ1n) is 7.48. The molecule has 0 amide bonds. The zero-order valence-electron chi connectivity index (χ0n) is 13.1. The highest BCUT2D eigenvalue weighted by Crippen LogP contribution is 2.42. The number of hydrogen-bond acceptors (Lipinski definition) is 2. The quantitative estimate of drug-likeness (QED) is 0.835. The van der Waals surface area contributed by atoms with E-state index in [2.05, 4.69) is 32.9 Å². The van der Waals surface area contributed by atoms with Crippen LogP contribution >= 0.6 is 0 Å². The second-order valence-electron chi connectivity index (χ2n) is 6.19.